The van der Waals surface area contributed by atoms with Crippen molar-refractivity contribution in [2.75, 3.05) is 6.54 Å². The second-order valence-electron chi connectivity index (χ2n) is 2.79. The molecule has 1 unspecified atom stereocenters. The van der Waals surface area contributed by atoms with Gasteiger partial charge in [-0.1, -0.05) is 31.2 Å². The number of likely N-dealkylation sites (N-methyl/N-ethyl adjacent to an activating group) is 1. The highest BCUT2D eigenvalue weighted by Gasteiger charge is 2.07. The van der Waals surface area contributed by atoms with Crippen LogP contribution in [0.2, 0.25) is 0 Å². The fraction of sp³-hybridized carbons (Fsp3) is 0.273. The Hall–Kier alpha value is -0.350. The van der Waals surface area contributed by atoms with Crippen molar-refractivity contribution in [3.8, 4) is 0 Å². The topological polar surface area (TPSA) is 12.0 Å². The first-order valence-corrected chi connectivity index (χ1v) is 5.47. The summed E-state index contributed by atoms with van der Waals surface area (Å²) in [6.07, 6.45) is 1.95. The molecular formula is C11H14IN. The van der Waals surface area contributed by atoms with Crippen molar-refractivity contribution in [3.05, 3.63) is 46.1 Å². The maximum atomic E-state index is 3.83. The Kier molecular flexibility index (Phi) is 4.45. The smallest absolute Gasteiger partial charge is 0.0514 e. The average Bonchev–Trinajstić information content (AvgIpc) is 2.16. The van der Waals surface area contributed by atoms with Crippen LogP contribution in [0.3, 0.4) is 0 Å². The van der Waals surface area contributed by atoms with E-state index in [-0.39, 0.29) is 6.04 Å². The van der Waals surface area contributed by atoms with Crippen molar-refractivity contribution >= 4 is 22.6 Å². The SMILES string of the molecule is C=CC(NCC)c1ccccc1I. The van der Waals surface area contributed by atoms with Crippen molar-refractivity contribution < 1.29 is 0 Å². The summed E-state index contributed by atoms with van der Waals surface area (Å²) in [5.41, 5.74) is 1.31. The lowest BCUT2D eigenvalue weighted by Gasteiger charge is -2.15. The van der Waals surface area contributed by atoms with E-state index in [2.05, 4.69) is 65.7 Å². The van der Waals surface area contributed by atoms with Crippen LogP contribution in [0.4, 0.5) is 0 Å². The monoisotopic (exact) mass is 287 g/mol. The Labute approximate surface area is 93.4 Å². The van der Waals surface area contributed by atoms with Gasteiger partial charge < -0.3 is 5.32 Å². The van der Waals surface area contributed by atoms with Crippen LogP contribution in [0.25, 0.3) is 0 Å². The molecule has 0 radical (unpaired) electrons. The second kappa shape index (κ2) is 5.40. The molecule has 1 rings (SSSR count). The summed E-state index contributed by atoms with van der Waals surface area (Å²) in [6.45, 7) is 6.89. The lowest BCUT2D eigenvalue weighted by Crippen LogP contribution is -2.19. The molecule has 0 bridgehead atoms. The van der Waals surface area contributed by atoms with Gasteiger partial charge in [0.15, 0.2) is 0 Å². The Morgan fingerprint density at radius 3 is 2.77 bits per heavy atom. The molecule has 70 valence electrons. The van der Waals surface area contributed by atoms with Gasteiger partial charge >= 0.3 is 0 Å². The summed E-state index contributed by atoms with van der Waals surface area (Å²) in [5.74, 6) is 0. The quantitative estimate of drug-likeness (QED) is 0.662. The van der Waals surface area contributed by atoms with E-state index in [1.54, 1.807) is 0 Å². The molecule has 0 aliphatic rings. The fourth-order valence-corrected chi connectivity index (χ4v) is 1.99. The lowest BCUT2D eigenvalue weighted by atomic mass is 10.1. The van der Waals surface area contributed by atoms with Gasteiger partial charge in [-0.2, -0.15) is 0 Å². The molecule has 1 nitrogen and oxygen atoms in total. The van der Waals surface area contributed by atoms with Crippen molar-refractivity contribution in [1.82, 2.24) is 5.32 Å². The first kappa shape index (κ1) is 10.7. The van der Waals surface area contributed by atoms with Crippen molar-refractivity contribution in [3.63, 3.8) is 0 Å². The third kappa shape index (κ3) is 2.81. The van der Waals surface area contributed by atoms with Gasteiger partial charge in [0.25, 0.3) is 0 Å². The highest BCUT2D eigenvalue weighted by molar-refractivity contribution is 14.1. The van der Waals surface area contributed by atoms with E-state index in [9.17, 15) is 0 Å². The van der Waals surface area contributed by atoms with Crippen LogP contribution in [0.5, 0.6) is 0 Å². The number of hydrogen-bond acceptors (Lipinski definition) is 1. The Morgan fingerprint density at radius 2 is 2.23 bits per heavy atom. The summed E-state index contributed by atoms with van der Waals surface area (Å²) < 4.78 is 1.28. The molecule has 0 amide bonds. The summed E-state index contributed by atoms with van der Waals surface area (Å²) >= 11 is 2.35. The van der Waals surface area contributed by atoms with Gasteiger partial charge in [0.05, 0.1) is 6.04 Å². The molecular weight excluding hydrogens is 273 g/mol. The van der Waals surface area contributed by atoms with Crippen LogP contribution in [-0.2, 0) is 0 Å². The van der Waals surface area contributed by atoms with Crippen LogP contribution >= 0.6 is 22.6 Å². The van der Waals surface area contributed by atoms with Gasteiger partial charge in [-0.05, 0) is 40.8 Å². The van der Waals surface area contributed by atoms with Gasteiger partial charge in [0.2, 0.25) is 0 Å². The van der Waals surface area contributed by atoms with E-state index < -0.39 is 0 Å². The number of hydrogen-bond donors (Lipinski definition) is 1. The highest BCUT2D eigenvalue weighted by atomic mass is 127. The molecule has 13 heavy (non-hydrogen) atoms. The van der Waals surface area contributed by atoms with Gasteiger partial charge in [0, 0.05) is 3.57 Å². The predicted molar refractivity (Wildman–Crippen MR) is 65.8 cm³/mol. The molecule has 2 heteroatoms. The minimum atomic E-state index is 0.276. The lowest BCUT2D eigenvalue weighted by molar-refractivity contribution is 0.647. The Balaban J connectivity index is 2.90. The Morgan fingerprint density at radius 1 is 1.54 bits per heavy atom. The number of nitrogens with one attached hydrogen (secondary N) is 1. The fourth-order valence-electron chi connectivity index (χ4n) is 1.27. The van der Waals surface area contributed by atoms with Crippen LogP contribution in [-0.4, -0.2) is 6.54 Å². The van der Waals surface area contributed by atoms with Gasteiger partial charge in [-0.3, -0.25) is 0 Å². The van der Waals surface area contributed by atoms with Crippen LogP contribution in [0.15, 0.2) is 36.9 Å². The molecule has 1 aromatic carbocycles. The zero-order valence-electron chi connectivity index (χ0n) is 7.76. The maximum Gasteiger partial charge on any atom is 0.0514 e. The van der Waals surface area contributed by atoms with Crippen molar-refractivity contribution in [2.24, 2.45) is 0 Å². The molecule has 0 fully saturated rings. The molecule has 0 aromatic heterocycles. The third-order valence-electron chi connectivity index (χ3n) is 1.90. The third-order valence-corrected chi connectivity index (χ3v) is 2.88. The number of benzene rings is 1. The van der Waals surface area contributed by atoms with E-state index in [0.29, 0.717) is 0 Å². The molecule has 1 N–H and O–H groups in total. The molecule has 1 atom stereocenters. The van der Waals surface area contributed by atoms with Gasteiger partial charge in [-0.15, -0.1) is 6.58 Å². The van der Waals surface area contributed by atoms with E-state index in [1.165, 1.54) is 9.13 Å². The molecule has 0 saturated carbocycles. The molecule has 0 aliphatic heterocycles. The predicted octanol–water partition coefficient (Wildman–Crippen LogP) is 3.13. The molecule has 0 saturated heterocycles. The molecule has 0 aliphatic carbocycles. The zero-order chi connectivity index (χ0) is 9.68. The van der Waals surface area contributed by atoms with E-state index in [1.807, 2.05) is 6.08 Å². The van der Waals surface area contributed by atoms with Crippen LogP contribution in [0.1, 0.15) is 18.5 Å². The minimum Gasteiger partial charge on any atom is -0.307 e. The van der Waals surface area contributed by atoms with Crippen LogP contribution < -0.4 is 5.32 Å². The van der Waals surface area contributed by atoms with E-state index in [4.69, 9.17) is 0 Å². The number of halogens is 1. The summed E-state index contributed by atoms with van der Waals surface area (Å²) in [5, 5.41) is 3.37. The van der Waals surface area contributed by atoms with Crippen molar-refractivity contribution in [2.45, 2.75) is 13.0 Å². The van der Waals surface area contributed by atoms with Crippen LogP contribution in [0, 0.1) is 3.57 Å². The first-order chi connectivity index (χ1) is 6.29. The van der Waals surface area contributed by atoms with E-state index >= 15 is 0 Å². The summed E-state index contributed by atoms with van der Waals surface area (Å²) in [6, 6.07) is 8.64. The maximum absolute atomic E-state index is 3.83. The average molecular weight is 287 g/mol. The summed E-state index contributed by atoms with van der Waals surface area (Å²) in [4.78, 5) is 0. The Bertz CT molecular complexity index is 283. The molecule has 1 aromatic rings. The minimum absolute atomic E-state index is 0.276. The largest absolute Gasteiger partial charge is 0.307 e. The van der Waals surface area contributed by atoms with E-state index in [0.717, 1.165) is 6.54 Å². The number of rotatable bonds is 4. The summed E-state index contributed by atoms with van der Waals surface area (Å²) in [7, 11) is 0. The van der Waals surface area contributed by atoms with Crippen molar-refractivity contribution in [1.29, 1.82) is 0 Å². The highest BCUT2D eigenvalue weighted by Crippen LogP contribution is 2.20. The molecule has 0 heterocycles. The first-order valence-electron chi connectivity index (χ1n) is 4.40. The second-order valence-corrected chi connectivity index (χ2v) is 3.95. The zero-order valence-corrected chi connectivity index (χ0v) is 9.91. The van der Waals surface area contributed by atoms with Gasteiger partial charge in [-0.25, -0.2) is 0 Å². The standard InChI is InChI=1S/C11H14IN/c1-3-11(13-4-2)9-7-5-6-8-10(9)12/h3,5-8,11,13H,1,4H2,2H3. The van der Waals surface area contributed by atoms with Gasteiger partial charge in [0.1, 0.15) is 0 Å². The normalized spacial score (nSPS) is 12.5. The molecule has 0 spiro atoms.